The Kier molecular flexibility index (Phi) is 4.89. The summed E-state index contributed by atoms with van der Waals surface area (Å²) in [5.41, 5.74) is 5.29. The van der Waals surface area contributed by atoms with Crippen LogP contribution in [0.2, 0.25) is 0 Å². The number of carbonyl (C=O) groups is 3. The molecule has 36 heavy (non-hydrogen) atoms. The Balaban J connectivity index is 1.53. The number of hydrogen-bond donors (Lipinski definition) is 1. The Hall–Kier alpha value is -4.53. The fourth-order valence-corrected chi connectivity index (χ4v) is 5.11. The Morgan fingerprint density at radius 2 is 1.94 bits per heavy atom. The third kappa shape index (κ3) is 3.19. The molecule has 0 saturated heterocycles. The number of carbonyl (C=O) groups excluding carboxylic acids is 3. The monoisotopic (exact) mass is 481 g/mol. The van der Waals surface area contributed by atoms with Gasteiger partial charge in [-0.05, 0) is 38.0 Å². The third-order valence-corrected chi connectivity index (χ3v) is 6.59. The number of benzene rings is 1. The molecule has 9 heteroatoms. The van der Waals surface area contributed by atoms with Crippen LogP contribution >= 0.6 is 0 Å². The number of anilines is 1. The lowest BCUT2D eigenvalue weighted by Gasteiger charge is -2.23. The van der Waals surface area contributed by atoms with Crippen LogP contribution in [0.5, 0.6) is 0 Å². The summed E-state index contributed by atoms with van der Waals surface area (Å²) in [4.78, 5) is 50.1. The van der Waals surface area contributed by atoms with Gasteiger partial charge in [-0.15, -0.1) is 0 Å². The first-order valence-electron chi connectivity index (χ1n) is 11.7. The number of para-hydroxylation sites is 1. The van der Waals surface area contributed by atoms with E-state index in [0.717, 1.165) is 16.8 Å². The van der Waals surface area contributed by atoms with E-state index in [1.165, 1.54) is 0 Å². The van der Waals surface area contributed by atoms with Crippen LogP contribution in [0.15, 0.2) is 65.7 Å². The highest BCUT2D eigenvalue weighted by atomic mass is 16.5. The third-order valence-electron chi connectivity index (χ3n) is 6.59. The quantitative estimate of drug-likeness (QED) is 0.454. The number of pyridine rings is 1. The molecule has 3 aliphatic heterocycles. The van der Waals surface area contributed by atoms with E-state index in [0.29, 0.717) is 29.0 Å². The highest BCUT2D eigenvalue weighted by Gasteiger charge is 2.41. The van der Waals surface area contributed by atoms with Crippen LogP contribution in [0.4, 0.5) is 5.69 Å². The summed E-state index contributed by atoms with van der Waals surface area (Å²) in [5, 5.41) is 2.44. The van der Waals surface area contributed by atoms with Crippen LogP contribution in [0.25, 0.3) is 11.2 Å². The van der Waals surface area contributed by atoms with Crippen LogP contribution in [-0.4, -0.2) is 45.0 Å². The number of imide groups is 1. The first-order valence-corrected chi connectivity index (χ1v) is 11.7. The lowest BCUT2D eigenvalue weighted by Crippen LogP contribution is -2.37. The normalized spacial score (nSPS) is 18.6. The standard InChI is InChI=1S/C27H23N5O4/c1-14(2)36-27(35)18-12-16-7-4-8-17-22(28-9-11-31(18)23(16)17)21-20(25(33)30-26(21)34)19-13-29-24-15(3)6-5-10-32(19)24/h4-11,13-14,18H,12H2,1-3H3,(H,30,33,34). The predicted octanol–water partition coefficient (Wildman–Crippen LogP) is 2.71. The smallest absolute Gasteiger partial charge is 0.329 e. The van der Waals surface area contributed by atoms with Crippen molar-refractivity contribution < 1.29 is 19.1 Å². The second-order valence-electron chi connectivity index (χ2n) is 9.26. The van der Waals surface area contributed by atoms with Crippen LogP contribution in [0.1, 0.15) is 36.2 Å². The maximum atomic E-state index is 13.2. The van der Waals surface area contributed by atoms with Crippen molar-refractivity contribution in [1.29, 1.82) is 0 Å². The van der Waals surface area contributed by atoms with Crippen molar-refractivity contribution in [2.24, 2.45) is 4.99 Å². The van der Waals surface area contributed by atoms with Gasteiger partial charge in [0.05, 0.1) is 40.5 Å². The minimum Gasteiger partial charge on any atom is -0.461 e. The average molecular weight is 482 g/mol. The van der Waals surface area contributed by atoms with Gasteiger partial charge >= 0.3 is 5.97 Å². The number of rotatable bonds is 4. The summed E-state index contributed by atoms with van der Waals surface area (Å²) in [7, 11) is 0. The van der Waals surface area contributed by atoms with E-state index < -0.39 is 17.9 Å². The van der Waals surface area contributed by atoms with Crippen molar-refractivity contribution in [3.8, 4) is 0 Å². The number of amides is 2. The molecule has 180 valence electrons. The van der Waals surface area contributed by atoms with Gasteiger partial charge in [0.1, 0.15) is 11.7 Å². The Bertz CT molecular complexity index is 1580. The van der Waals surface area contributed by atoms with Crippen LogP contribution < -0.4 is 10.2 Å². The first kappa shape index (κ1) is 22.0. The molecule has 0 fully saturated rings. The molecule has 3 aliphatic rings. The van der Waals surface area contributed by atoms with Crippen molar-refractivity contribution in [1.82, 2.24) is 14.7 Å². The van der Waals surface area contributed by atoms with E-state index in [-0.39, 0.29) is 23.2 Å². The molecule has 0 saturated carbocycles. The number of esters is 1. The van der Waals surface area contributed by atoms with Crippen molar-refractivity contribution in [3.63, 3.8) is 0 Å². The van der Waals surface area contributed by atoms with Crippen molar-refractivity contribution in [2.75, 3.05) is 4.90 Å². The van der Waals surface area contributed by atoms with E-state index >= 15 is 0 Å². The van der Waals surface area contributed by atoms with E-state index in [9.17, 15) is 14.4 Å². The Morgan fingerprint density at radius 3 is 2.75 bits per heavy atom. The van der Waals surface area contributed by atoms with Gasteiger partial charge < -0.3 is 9.64 Å². The predicted molar refractivity (Wildman–Crippen MR) is 133 cm³/mol. The highest BCUT2D eigenvalue weighted by molar-refractivity contribution is 6.47. The number of nitrogens with zero attached hydrogens (tertiary/aromatic N) is 4. The molecule has 1 N–H and O–H groups in total. The van der Waals surface area contributed by atoms with Gasteiger partial charge in [-0.1, -0.05) is 24.3 Å². The summed E-state index contributed by atoms with van der Waals surface area (Å²) in [6.07, 6.45) is 6.92. The maximum Gasteiger partial charge on any atom is 0.329 e. The molecule has 5 heterocycles. The van der Waals surface area contributed by atoms with Gasteiger partial charge in [-0.3, -0.25) is 24.3 Å². The van der Waals surface area contributed by atoms with Gasteiger partial charge in [0.15, 0.2) is 0 Å². The molecule has 1 unspecified atom stereocenters. The summed E-state index contributed by atoms with van der Waals surface area (Å²) in [6, 6.07) is 8.94. The van der Waals surface area contributed by atoms with Gasteiger partial charge in [0, 0.05) is 30.6 Å². The minimum atomic E-state index is -0.538. The number of aromatic nitrogens is 2. The topological polar surface area (TPSA) is 105 Å². The van der Waals surface area contributed by atoms with Crippen LogP contribution in [-0.2, 0) is 25.5 Å². The van der Waals surface area contributed by atoms with Crippen LogP contribution in [0.3, 0.4) is 0 Å². The molecule has 1 aromatic carbocycles. The molecular weight excluding hydrogens is 458 g/mol. The zero-order valence-corrected chi connectivity index (χ0v) is 20.0. The summed E-state index contributed by atoms with van der Waals surface area (Å²) < 4.78 is 7.30. The van der Waals surface area contributed by atoms with E-state index in [4.69, 9.17) is 4.74 Å². The molecule has 2 amide bonds. The zero-order valence-electron chi connectivity index (χ0n) is 20.0. The zero-order chi connectivity index (χ0) is 25.1. The molecule has 3 aromatic rings. The number of imidazole rings is 1. The molecule has 2 aromatic heterocycles. The van der Waals surface area contributed by atoms with Gasteiger partial charge in [0.2, 0.25) is 0 Å². The summed E-state index contributed by atoms with van der Waals surface area (Å²) in [6.45, 7) is 5.57. The molecular formula is C27H23N5O4. The van der Waals surface area contributed by atoms with E-state index in [1.807, 2.05) is 62.2 Å². The molecule has 0 spiro atoms. The summed E-state index contributed by atoms with van der Waals surface area (Å²) >= 11 is 0. The largest absolute Gasteiger partial charge is 0.461 e. The number of nitrogens with one attached hydrogen (secondary N) is 1. The van der Waals surface area contributed by atoms with Gasteiger partial charge in [0.25, 0.3) is 11.8 Å². The number of hydrogen-bond acceptors (Lipinski definition) is 7. The number of aliphatic imine (C=N–C) groups is 1. The maximum absolute atomic E-state index is 13.2. The van der Waals surface area contributed by atoms with Crippen molar-refractivity contribution >= 4 is 40.4 Å². The molecule has 9 nitrogen and oxygen atoms in total. The summed E-state index contributed by atoms with van der Waals surface area (Å²) in [5.74, 6) is -1.35. The lowest BCUT2D eigenvalue weighted by atomic mass is 9.94. The van der Waals surface area contributed by atoms with Crippen molar-refractivity contribution in [3.05, 3.63) is 83.1 Å². The molecule has 0 bridgehead atoms. The Morgan fingerprint density at radius 1 is 1.14 bits per heavy atom. The number of ether oxygens (including phenoxy) is 1. The second-order valence-corrected chi connectivity index (χ2v) is 9.26. The van der Waals surface area contributed by atoms with E-state index in [2.05, 4.69) is 15.3 Å². The molecule has 0 aliphatic carbocycles. The SMILES string of the molecule is Cc1cccn2c(C3=C(C4=NC=CN5c6c(cccc64)CC5C(=O)OC(C)C)C(=O)NC3=O)cnc12. The number of aryl methyl sites for hydroxylation is 1. The fourth-order valence-electron chi connectivity index (χ4n) is 5.11. The molecule has 1 atom stereocenters. The average Bonchev–Trinajstić information content (AvgIpc) is 3.46. The van der Waals surface area contributed by atoms with Gasteiger partial charge in [-0.2, -0.15) is 0 Å². The lowest BCUT2D eigenvalue weighted by molar-refractivity contribution is -0.148. The molecule has 0 radical (unpaired) electrons. The molecule has 6 rings (SSSR count). The van der Waals surface area contributed by atoms with E-state index in [1.54, 1.807) is 23.0 Å². The van der Waals surface area contributed by atoms with Gasteiger partial charge in [-0.25, -0.2) is 9.78 Å². The minimum absolute atomic E-state index is 0.177. The van der Waals surface area contributed by atoms with Crippen molar-refractivity contribution in [2.45, 2.75) is 39.3 Å². The highest BCUT2D eigenvalue weighted by Crippen LogP contribution is 2.40. The number of fused-ring (bicyclic) bond motifs is 1. The second kappa shape index (κ2) is 8.01. The fraction of sp³-hybridized carbons (Fsp3) is 0.222. The first-order chi connectivity index (χ1) is 17.3. The Labute approximate surface area is 206 Å². The van der Waals surface area contributed by atoms with Crippen LogP contribution in [0, 0.1) is 6.92 Å².